The molecule has 0 saturated carbocycles. The molecule has 2 heterocycles. The van der Waals surface area contributed by atoms with Gasteiger partial charge in [0.2, 0.25) is 10.0 Å². The fraction of sp³-hybridized carbons (Fsp3) is 0.214. The maximum atomic E-state index is 12.2. The van der Waals surface area contributed by atoms with E-state index in [1.807, 2.05) is 0 Å². The van der Waals surface area contributed by atoms with Gasteiger partial charge in [-0.3, -0.25) is 4.57 Å². The average Bonchev–Trinajstić information content (AvgIpc) is 3.08. The number of nitrogens with zero attached hydrogens (tertiary/aromatic N) is 1. The number of aryl methyl sites for hydroxylation is 1. The van der Waals surface area contributed by atoms with Crippen LogP contribution in [-0.4, -0.2) is 19.5 Å². The van der Waals surface area contributed by atoms with Crippen LogP contribution in [0.15, 0.2) is 55.1 Å². The normalized spacial score (nSPS) is 12.0. The topological polar surface area (TPSA) is 94.5 Å². The van der Waals surface area contributed by atoms with Gasteiger partial charge in [0, 0.05) is 26.1 Å². The third-order valence-corrected chi connectivity index (χ3v) is 4.78. The fourth-order valence-corrected chi connectivity index (χ4v) is 3.17. The second kappa shape index (κ2) is 5.47. The van der Waals surface area contributed by atoms with Crippen molar-refractivity contribution in [1.29, 1.82) is 0 Å². The molecule has 3 rings (SSSR count). The van der Waals surface area contributed by atoms with Crippen LogP contribution >= 0.6 is 0 Å². The van der Waals surface area contributed by atoms with Gasteiger partial charge in [-0.05, 0) is 24.3 Å². The molecule has 3 aromatic rings. The highest BCUT2D eigenvalue weighted by molar-refractivity contribution is 7.89. The second-order valence-corrected chi connectivity index (χ2v) is 6.55. The molecule has 0 aliphatic carbocycles. The minimum absolute atomic E-state index is 0.0498. The highest BCUT2D eigenvalue weighted by Gasteiger charge is 2.16. The molecule has 0 aliphatic heterocycles. The zero-order chi connectivity index (χ0) is 15.7. The molecule has 7 nitrogen and oxygen atoms in total. The number of oxazole rings is 1. The first kappa shape index (κ1) is 14.6. The summed E-state index contributed by atoms with van der Waals surface area (Å²) in [4.78, 5) is 11.5. The quantitative estimate of drug-likeness (QED) is 0.763. The van der Waals surface area contributed by atoms with Gasteiger partial charge in [0.1, 0.15) is 5.76 Å². The van der Waals surface area contributed by atoms with E-state index in [4.69, 9.17) is 8.83 Å². The number of nitrogens with one attached hydrogen (secondary N) is 1. The maximum absolute atomic E-state index is 12.2. The Balaban J connectivity index is 1.80. The number of fused-ring (bicyclic) bond motifs is 1. The molecule has 22 heavy (non-hydrogen) atoms. The van der Waals surface area contributed by atoms with Gasteiger partial charge in [-0.15, -0.1) is 0 Å². The molecule has 1 aromatic carbocycles. The van der Waals surface area contributed by atoms with Crippen molar-refractivity contribution in [2.24, 2.45) is 7.05 Å². The average molecular weight is 322 g/mol. The molecule has 0 unspecified atom stereocenters. The Hall–Kier alpha value is -2.32. The van der Waals surface area contributed by atoms with Gasteiger partial charge < -0.3 is 8.83 Å². The van der Waals surface area contributed by atoms with E-state index in [9.17, 15) is 13.2 Å². The van der Waals surface area contributed by atoms with Crippen molar-refractivity contribution in [3.63, 3.8) is 0 Å². The van der Waals surface area contributed by atoms with E-state index >= 15 is 0 Å². The Kier molecular flexibility index (Phi) is 3.63. The molecule has 8 heteroatoms. The summed E-state index contributed by atoms with van der Waals surface area (Å²) >= 11 is 0. The van der Waals surface area contributed by atoms with Crippen LogP contribution in [0.25, 0.3) is 11.1 Å². The van der Waals surface area contributed by atoms with E-state index in [0.717, 1.165) is 0 Å². The first-order valence-corrected chi connectivity index (χ1v) is 8.07. The summed E-state index contributed by atoms with van der Waals surface area (Å²) in [6.45, 7) is 0.215. The summed E-state index contributed by atoms with van der Waals surface area (Å²) in [5.74, 6) is 0.169. The van der Waals surface area contributed by atoms with Crippen molar-refractivity contribution in [3.8, 4) is 0 Å². The van der Waals surface area contributed by atoms with Crippen LogP contribution in [-0.2, 0) is 23.5 Å². The molecule has 0 saturated heterocycles. The largest absolute Gasteiger partial charge is 0.469 e. The first-order chi connectivity index (χ1) is 10.5. The van der Waals surface area contributed by atoms with E-state index in [-0.39, 0.29) is 17.0 Å². The van der Waals surface area contributed by atoms with Crippen molar-refractivity contribution in [3.05, 3.63) is 52.9 Å². The van der Waals surface area contributed by atoms with Crippen LogP contribution in [0.4, 0.5) is 0 Å². The lowest BCUT2D eigenvalue weighted by molar-refractivity contribution is 0.505. The number of hydrogen-bond acceptors (Lipinski definition) is 5. The van der Waals surface area contributed by atoms with E-state index in [1.165, 1.54) is 23.0 Å². The summed E-state index contributed by atoms with van der Waals surface area (Å²) in [5.41, 5.74) is 0.779. The second-order valence-electron chi connectivity index (χ2n) is 4.78. The van der Waals surface area contributed by atoms with Crippen molar-refractivity contribution in [2.75, 3.05) is 6.54 Å². The van der Waals surface area contributed by atoms with Crippen molar-refractivity contribution in [1.82, 2.24) is 9.29 Å². The van der Waals surface area contributed by atoms with Crippen molar-refractivity contribution in [2.45, 2.75) is 11.3 Å². The van der Waals surface area contributed by atoms with Crippen LogP contribution in [0.2, 0.25) is 0 Å². The molecule has 0 amide bonds. The van der Waals surface area contributed by atoms with E-state index in [1.54, 1.807) is 25.2 Å². The van der Waals surface area contributed by atoms with Gasteiger partial charge in [0.25, 0.3) is 0 Å². The standard InChI is InChI=1S/C14H14N2O5S/c1-16-12-5-4-11(9-13(12)21-14(16)17)22(18,19)15-7-6-10-3-2-8-20-10/h2-5,8-9,15H,6-7H2,1H3. The Morgan fingerprint density at radius 1 is 1.27 bits per heavy atom. The van der Waals surface area contributed by atoms with E-state index < -0.39 is 15.8 Å². The number of benzene rings is 1. The lowest BCUT2D eigenvalue weighted by Crippen LogP contribution is -2.25. The monoisotopic (exact) mass is 322 g/mol. The summed E-state index contributed by atoms with van der Waals surface area (Å²) in [5, 5.41) is 0. The number of furan rings is 1. The Morgan fingerprint density at radius 3 is 2.82 bits per heavy atom. The zero-order valence-electron chi connectivity index (χ0n) is 11.8. The number of hydrogen-bond donors (Lipinski definition) is 1. The third kappa shape index (κ3) is 2.70. The molecule has 0 radical (unpaired) electrons. The molecule has 0 bridgehead atoms. The summed E-state index contributed by atoms with van der Waals surface area (Å²) < 4.78 is 38.4. The van der Waals surface area contributed by atoms with Crippen molar-refractivity contribution < 1.29 is 17.3 Å². The number of sulfonamides is 1. The highest BCUT2D eigenvalue weighted by atomic mass is 32.2. The Morgan fingerprint density at radius 2 is 2.09 bits per heavy atom. The fourth-order valence-electron chi connectivity index (χ4n) is 2.13. The van der Waals surface area contributed by atoms with Gasteiger partial charge in [0.05, 0.1) is 16.7 Å². The maximum Gasteiger partial charge on any atom is 0.419 e. The molecule has 0 aliphatic rings. The van der Waals surface area contributed by atoms with Gasteiger partial charge in [0.15, 0.2) is 5.58 Å². The molecule has 2 aromatic heterocycles. The van der Waals surface area contributed by atoms with Gasteiger partial charge in [-0.1, -0.05) is 0 Å². The Bertz CT molecular complexity index is 951. The van der Waals surface area contributed by atoms with Crippen LogP contribution in [0.5, 0.6) is 0 Å². The summed E-state index contributed by atoms with van der Waals surface area (Å²) in [6, 6.07) is 7.84. The molecule has 0 atom stereocenters. The predicted octanol–water partition coefficient (Wildman–Crippen LogP) is 1.25. The molecular formula is C14H14N2O5S. The third-order valence-electron chi connectivity index (χ3n) is 3.32. The van der Waals surface area contributed by atoms with Crippen molar-refractivity contribution >= 4 is 21.1 Å². The van der Waals surface area contributed by atoms with Gasteiger partial charge in [-0.2, -0.15) is 0 Å². The van der Waals surface area contributed by atoms with E-state index in [0.29, 0.717) is 17.7 Å². The molecule has 116 valence electrons. The molecular weight excluding hydrogens is 308 g/mol. The van der Waals surface area contributed by atoms with Crippen LogP contribution in [0.1, 0.15) is 5.76 Å². The summed E-state index contributed by atoms with van der Waals surface area (Å²) in [7, 11) is -2.11. The minimum atomic E-state index is -3.67. The minimum Gasteiger partial charge on any atom is -0.469 e. The highest BCUT2D eigenvalue weighted by Crippen LogP contribution is 2.17. The van der Waals surface area contributed by atoms with Gasteiger partial charge in [-0.25, -0.2) is 17.9 Å². The number of rotatable bonds is 5. The molecule has 0 spiro atoms. The summed E-state index contributed by atoms with van der Waals surface area (Å²) in [6.07, 6.45) is 1.99. The van der Waals surface area contributed by atoms with E-state index in [2.05, 4.69) is 4.72 Å². The van der Waals surface area contributed by atoms with Crippen LogP contribution in [0, 0.1) is 0 Å². The van der Waals surface area contributed by atoms with Gasteiger partial charge >= 0.3 is 5.76 Å². The molecule has 0 fully saturated rings. The Labute approximate surface area is 126 Å². The smallest absolute Gasteiger partial charge is 0.419 e. The van der Waals surface area contributed by atoms with Crippen LogP contribution < -0.4 is 10.5 Å². The zero-order valence-corrected chi connectivity index (χ0v) is 12.6. The lowest BCUT2D eigenvalue weighted by atomic mass is 10.3. The lowest BCUT2D eigenvalue weighted by Gasteiger charge is -2.05. The first-order valence-electron chi connectivity index (χ1n) is 6.59. The molecule has 1 N–H and O–H groups in total. The SMILES string of the molecule is Cn1c(=O)oc2cc(S(=O)(=O)NCCc3ccco3)ccc21. The predicted molar refractivity (Wildman–Crippen MR) is 79.1 cm³/mol. The number of aromatic nitrogens is 1. The van der Waals surface area contributed by atoms with Crippen LogP contribution in [0.3, 0.4) is 0 Å².